The maximum atomic E-state index is 11.6. The third-order valence-corrected chi connectivity index (χ3v) is 4.28. The van der Waals surface area contributed by atoms with Gasteiger partial charge in [-0.3, -0.25) is 0 Å². The number of furan rings is 1. The van der Waals surface area contributed by atoms with Crippen LogP contribution in [0.5, 0.6) is 0 Å². The summed E-state index contributed by atoms with van der Waals surface area (Å²) < 4.78 is 9.89. The number of thioether (sulfide) groups is 1. The van der Waals surface area contributed by atoms with Crippen molar-refractivity contribution in [1.82, 2.24) is 0 Å². The fourth-order valence-corrected chi connectivity index (χ4v) is 3.06. The van der Waals surface area contributed by atoms with Crippen LogP contribution in [0.3, 0.4) is 0 Å². The molecule has 0 aliphatic carbocycles. The molecular weight excluding hydrogens is 284 g/mol. The molecule has 0 aliphatic heterocycles. The molecule has 0 fully saturated rings. The van der Waals surface area contributed by atoms with E-state index in [0.717, 1.165) is 10.5 Å². The summed E-state index contributed by atoms with van der Waals surface area (Å²) in [6.45, 7) is 0. The molecule has 0 amide bonds. The van der Waals surface area contributed by atoms with E-state index in [0.29, 0.717) is 5.75 Å². The fraction of sp³-hybridized carbons (Fsp3) is 0.118. The number of benzene rings is 2. The molecule has 3 aromatic rings. The van der Waals surface area contributed by atoms with E-state index < -0.39 is 5.97 Å². The van der Waals surface area contributed by atoms with E-state index in [2.05, 4.69) is 30.3 Å². The van der Waals surface area contributed by atoms with Crippen molar-refractivity contribution >= 4 is 28.5 Å². The maximum absolute atomic E-state index is 11.6. The van der Waals surface area contributed by atoms with Crippen molar-refractivity contribution in [2.45, 2.75) is 10.6 Å². The zero-order valence-electron chi connectivity index (χ0n) is 11.5. The molecule has 21 heavy (non-hydrogen) atoms. The Kier molecular flexibility index (Phi) is 3.97. The summed E-state index contributed by atoms with van der Waals surface area (Å²) in [7, 11) is 1.35. The van der Waals surface area contributed by atoms with Crippen LogP contribution in [0.15, 0.2) is 64.1 Å². The number of rotatable bonds is 4. The predicted molar refractivity (Wildman–Crippen MR) is 83.6 cm³/mol. The highest BCUT2D eigenvalue weighted by molar-refractivity contribution is 7.98. The Labute approximate surface area is 126 Å². The third kappa shape index (κ3) is 2.95. The summed E-state index contributed by atoms with van der Waals surface area (Å²) in [4.78, 5) is 12.7. The van der Waals surface area contributed by atoms with Crippen LogP contribution in [0.4, 0.5) is 0 Å². The predicted octanol–water partition coefficient (Wildman–Crippen LogP) is 4.51. The minimum absolute atomic E-state index is 0.283. The molecule has 3 nitrogen and oxygen atoms in total. The first-order valence-corrected chi connectivity index (χ1v) is 7.53. The lowest BCUT2D eigenvalue weighted by atomic mass is 10.1. The largest absolute Gasteiger partial charge is 0.463 e. The van der Waals surface area contributed by atoms with Crippen molar-refractivity contribution in [3.8, 4) is 0 Å². The molecule has 0 N–H and O–H groups in total. The van der Waals surface area contributed by atoms with Gasteiger partial charge in [-0.15, -0.1) is 11.8 Å². The molecule has 0 radical (unpaired) electrons. The van der Waals surface area contributed by atoms with E-state index in [-0.39, 0.29) is 5.76 Å². The van der Waals surface area contributed by atoms with Crippen molar-refractivity contribution in [3.05, 3.63) is 66.1 Å². The van der Waals surface area contributed by atoms with Crippen molar-refractivity contribution in [2.24, 2.45) is 0 Å². The number of hydrogen-bond donors (Lipinski definition) is 0. The molecule has 0 saturated carbocycles. The first kappa shape index (κ1) is 13.8. The smallest absolute Gasteiger partial charge is 0.374 e. The van der Waals surface area contributed by atoms with E-state index in [4.69, 9.17) is 9.15 Å². The van der Waals surface area contributed by atoms with Gasteiger partial charge in [-0.25, -0.2) is 4.79 Å². The number of carbonyl (C=O) groups excluding carboxylic acids is 1. The van der Waals surface area contributed by atoms with Crippen molar-refractivity contribution in [3.63, 3.8) is 0 Å². The van der Waals surface area contributed by atoms with E-state index in [1.165, 1.54) is 24.1 Å². The van der Waals surface area contributed by atoms with E-state index >= 15 is 0 Å². The average molecular weight is 298 g/mol. The summed E-state index contributed by atoms with van der Waals surface area (Å²) >= 11 is 1.67. The monoisotopic (exact) mass is 298 g/mol. The van der Waals surface area contributed by atoms with Crippen LogP contribution in [0.1, 0.15) is 16.1 Å². The molecular formula is C17H14O3S. The molecule has 0 unspecified atom stereocenters. The Morgan fingerprint density at radius 3 is 2.76 bits per heavy atom. The molecule has 3 rings (SSSR count). The van der Waals surface area contributed by atoms with Gasteiger partial charge in [0.2, 0.25) is 5.76 Å². The molecule has 2 aromatic carbocycles. The lowest BCUT2D eigenvalue weighted by molar-refractivity contribution is 0.0564. The van der Waals surface area contributed by atoms with Crippen LogP contribution in [-0.2, 0) is 10.5 Å². The second kappa shape index (κ2) is 6.06. The Hall–Kier alpha value is -2.20. The fourth-order valence-electron chi connectivity index (χ4n) is 2.14. The quantitative estimate of drug-likeness (QED) is 0.525. The second-order valence-corrected chi connectivity index (χ2v) is 5.61. The van der Waals surface area contributed by atoms with Gasteiger partial charge in [-0.05, 0) is 29.0 Å². The van der Waals surface area contributed by atoms with Gasteiger partial charge < -0.3 is 9.15 Å². The highest BCUT2D eigenvalue weighted by Gasteiger charge is 2.15. The second-order valence-electron chi connectivity index (χ2n) is 4.56. The van der Waals surface area contributed by atoms with Gasteiger partial charge in [0.05, 0.1) is 13.4 Å². The minimum Gasteiger partial charge on any atom is -0.463 e. The van der Waals surface area contributed by atoms with Crippen LogP contribution in [0.2, 0.25) is 0 Å². The zero-order valence-corrected chi connectivity index (χ0v) is 12.4. The molecule has 0 saturated heterocycles. The molecule has 1 aromatic heterocycles. The van der Waals surface area contributed by atoms with Gasteiger partial charge in [0.25, 0.3) is 0 Å². The van der Waals surface area contributed by atoms with Crippen LogP contribution in [0, 0.1) is 0 Å². The lowest BCUT2D eigenvalue weighted by Gasteiger charge is -2.04. The van der Waals surface area contributed by atoms with Crippen LogP contribution >= 0.6 is 11.8 Å². The van der Waals surface area contributed by atoms with Crippen LogP contribution in [0.25, 0.3) is 10.8 Å². The van der Waals surface area contributed by atoms with Gasteiger partial charge in [-0.2, -0.15) is 0 Å². The topological polar surface area (TPSA) is 39.4 Å². The Balaban J connectivity index is 1.77. The Morgan fingerprint density at radius 2 is 1.95 bits per heavy atom. The summed E-state index contributed by atoms with van der Waals surface area (Å²) in [5.74, 6) is 0.513. The summed E-state index contributed by atoms with van der Waals surface area (Å²) in [6.07, 6.45) is 1.52. The van der Waals surface area contributed by atoms with Crippen molar-refractivity contribution in [1.29, 1.82) is 0 Å². The molecule has 0 atom stereocenters. The van der Waals surface area contributed by atoms with E-state index in [9.17, 15) is 4.79 Å². The molecule has 106 valence electrons. The molecule has 0 aliphatic rings. The van der Waals surface area contributed by atoms with Crippen molar-refractivity contribution in [2.75, 3.05) is 7.11 Å². The number of fused-ring (bicyclic) bond motifs is 1. The average Bonchev–Trinajstić information content (AvgIpc) is 3.00. The van der Waals surface area contributed by atoms with E-state index in [1.807, 2.05) is 12.1 Å². The van der Waals surface area contributed by atoms with Gasteiger partial charge >= 0.3 is 5.97 Å². The van der Waals surface area contributed by atoms with Gasteiger partial charge in [-0.1, -0.05) is 30.3 Å². The van der Waals surface area contributed by atoms with Gasteiger partial charge in [0.1, 0.15) is 0 Å². The Bertz CT molecular complexity index is 776. The SMILES string of the molecule is COC(=O)c1occc1CSc1ccc2ccccc2c1. The molecule has 0 spiro atoms. The number of carbonyl (C=O) groups is 1. The van der Waals surface area contributed by atoms with Crippen molar-refractivity contribution < 1.29 is 13.9 Å². The van der Waals surface area contributed by atoms with Crippen LogP contribution in [-0.4, -0.2) is 13.1 Å². The number of esters is 1. The number of ether oxygens (including phenoxy) is 1. The summed E-state index contributed by atoms with van der Waals surface area (Å²) in [5.41, 5.74) is 0.847. The first-order chi connectivity index (χ1) is 10.3. The summed E-state index contributed by atoms with van der Waals surface area (Å²) in [5, 5.41) is 2.43. The highest BCUT2D eigenvalue weighted by atomic mass is 32.2. The molecule has 0 bridgehead atoms. The lowest BCUT2D eigenvalue weighted by Crippen LogP contribution is -2.02. The normalized spacial score (nSPS) is 10.7. The summed E-state index contributed by atoms with van der Waals surface area (Å²) in [6, 6.07) is 16.4. The van der Waals surface area contributed by atoms with Gasteiger partial charge in [0, 0.05) is 16.2 Å². The third-order valence-electron chi connectivity index (χ3n) is 3.23. The zero-order chi connectivity index (χ0) is 14.7. The highest BCUT2D eigenvalue weighted by Crippen LogP contribution is 2.28. The minimum atomic E-state index is -0.436. The van der Waals surface area contributed by atoms with Crippen LogP contribution < -0.4 is 0 Å². The molecule has 1 heterocycles. The molecule has 4 heteroatoms. The number of methoxy groups -OCH3 is 1. The van der Waals surface area contributed by atoms with Gasteiger partial charge in [0.15, 0.2) is 0 Å². The first-order valence-electron chi connectivity index (χ1n) is 6.54. The Morgan fingerprint density at radius 1 is 1.14 bits per heavy atom. The maximum Gasteiger partial charge on any atom is 0.374 e. The van der Waals surface area contributed by atoms with E-state index in [1.54, 1.807) is 17.8 Å². The standard InChI is InChI=1S/C17H14O3S/c1-19-17(18)16-14(8-9-20-16)11-21-15-7-6-12-4-2-3-5-13(12)10-15/h2-10H,11H2,1H3. The number of hydrogen-bond acceptors (Lipinski definition) is 4.